The van der Waals surface area contributed by atoms with Gasteiger partial charge in [0.1, 0.15) is 6.10 Å². The van der Waals surface area contributed by atoms with Crippen molar-refractivity contribution in [2.75, 3.05) is 7.11 Å². The maximum Gasteiger partial charge on any atom is 0.308 e. The smallest absolute Gasteiger partial charge is 0.308 e. The van der Waals surface area contributed by atoms with Gasteiger partial charge >= 0.3 is 11.9 Å². The number of carbonyl (C=O) groups excluding carboxylic acids is 2. The van der Waals surface area contributed by atoms with Crippen molar-refractivity contribution in [1.82, 2.24) is 0 Å². The summed E-state index contributed by atoms with van der Waals surface area (Å²) in [6.45, 7) is 8.19. The standard InChI is InChI=1S/C25H40O5/c1-14(23(28)29-5)19-8-9-20-18-7-6-16-12-17(30-15(2)26)10-11-24(16,3)21(18)13-22(27)25(19,20)4/h14,16-22,27H,6-13H2,1-5H3/t14-,16+,17+,18?,19?,20?,21?,22-,24-,25+/m0/s1. The van der Waals surface area contributed by atoms with Gasteiger partial charge in [0.25, 0.3) is 0 Å². The van der Waals surface area contributed by atoms with Crippen LogP contribution in [0.5, 0.6) is 0 Å². The zero-order valence-corrected chi connectivity index (χ0v) is 19.4. The average Bonchev–Trinajstić information content (AvgIpc) is 3.06. The van der Waals surface area contributed by atoms with Crippen LogP contribution < -0.4 is 0 Å². The summed E-state index contributed by atoms with van der Waals surface area (Å²) in [7, 11) is 1.47. The molecule has 0 heterocycles. The van der Waals surface area contributed by atoms with Crippen LogP contribution in [0.4, 0.5) is 0 Å². The minimum absolute atomic E-state index is 0.0627. The zero-order valence-electron chi connectivity index (χ0n) is 19.4. The number of esters is 2. The Morgan fingerprint density at radius 2 is 1.77 bits per heavy atom. The third-order valence-corrected chi connectivity index (χ3v) is 10.3. The lowest BCUT2D eigenvalue weighted by Gasteiger charge is -2.62. The van der Waals surface area contributed by atoms with Crippen molar-refractivity contribution >= 4 is 11.9 Å². The average molecular weight is 421 g/mol. The molecule has 10 atom stereocenters. The molecule has 4 aliphatic carbocycles. The molecule has 5 nitrogen and oxygen atoms in total. The summed E-state index contributed by atoms with van der Waals surface area (Å²) in [4.78, 5) is 23.8. The molecule has 4 saturated carbocycles. The lowest BCUT2D eigenvalue weighted by molar-refractivity contribution is -0.183. The molecule has 5 heteroatoms. The lowest BCUT2D eigenvalue weighted by Crippen LogP contribution is -2.59. The summed E-state index contributed by atoms with van der Waals surface area (Å²) in [5.41, 5.74) is 0.0147. The van der Waals surface area contributed by atoms with Crippen molar-refractivity contribution in [3.05, 3.63) is 0 Å². The number of aliphatic hydroxyl groups excluding tert-OH is 1. The number of carbonyl (C=O) groups is 2. The van der Waals surface area contributed by atoms with Crippen LogP contribution in [-0.4, -0.2) is 36.4 Å². The second kappa shape index (κ2) is 7.79. The van der Waals surface area contributed by atoms with Crippen molar-refractivity contribution in [3.8, 4) is 0 Å². The van der Waals surface area contributed by atoms with E-state index in [0.717, 1.165) is 38.5 Å². The highest BCUT2D eigenvalue weighted by molar-refractivity contribution is 5.72. The van der Waals surface area contributed by atoms with Gasteiger partial charge in [0.05, 0.1) is 19.1 Å². The molecule has 0 aromatic heterocycles. The Bertz CT molecular complexity index is 691. The second-order valence-electron chi connectivity index (χ2n) is 11.3. The Hall–Kier alpha value is -1.10. The van der Waals surface area contributed by atoms with Crippen LogP contribution >= 0.6 is 0 Å². The van der Waals surface area contributed by atoms with Gasteiger partial charge in [-0.1, -0.05) is 20.8 Å². The van der Waals surface area contributed by atoms with Crippen molar-refractivity contribution < 1.29 is 24.2 Å². The predicted molar refractivity (Wildman–Crippen MR) is 113 cm³/mol. The van der Waals surface area contributed by atoms with Gasteiger partial charge in [0.2, 0.25) is 0 Å². The number of methoxy groups -OCH3 is 1. The molecule has 1 N–H and O–H groups in total. The summed E-state index contributed by atoms with van der Waals surface area (Å²) >= 11 is 0. The van der Waals surface area contributed by atoms with E-state index in [1.807, 2.05) is 6.92 Å². The molecule has 0 radical (unpaired) electrons. The van der Waals surface area contributed by atoms with E-state index in [4.69, 9.17) is 9.47 Å². The Balaban J connectivity index is 1.56. The minimum atomic E-state index is -0.370. The summed E-state index contributed by atoms with van der Waals surface area (Å²) in [5.74, 6) is 1.91. The van der Waals surface area contributed by atoms with E-state index < -0.39 is 0 Å². The monoisotopic (exact) mass is 420 g/mol. The summed E-state index contributed by atoms with van der Waals surface area (Å²) in [5, 5.41) is 11.5. The first kappa shape index (κ1) is 22.1. The maximum atomic E-state index is 12.3. The fourth-order valence-corrected chi connectivity index (χ4v) is 8.73. The number of fused-ring (bicyclic) bond motifs is 5. The van der Waals surface area contributed by atoms with E-state index in [1.165, 1.54) is 26.9 Å². The highest BCUT2D eigenvalue weighted by Crippen LogP contribution is 2.68. The third-order valence-electron chi connectivity index (χ3n) is 10.3. The van der Waals surface area contributed by atoms with E-state index in [9.17, 15) is 14.7 Å². The highest BCUT2D eigenvalue weighted by atomic mass is 16.5. The number of hydrogen-bond donors (Lipinski definition) is 1. The first-order chi connectivity index (χ1) is 14.1. The summed E-state index contributed by atoms with van der Waals surface area (Å²) in [6, 6.07) is 0. The molecule has 0 saturated heterocycles. The first-order valence-electron chi connectivity index (χ1n) is 12.1. The van der Waals surface area contributed by atoms with Crippen molar-refractivity contribution in [2.45, 2.75) is 91.3 Å². The topological polar surface area (TPSA) is 72.8 Å². The van der Waals surface area contributed by atoms with Gasteiger partial charge in [0.15, 0.2) is 0 Å². The van der Waals surface area contributed by atoms with E-state index in [1.54, 1.807) is 0 Å². The number of aliphatic hydroxyl groups is 1. The molecule has 4 aliphatic rings. The fraction of sp³-hybridized carbons (Fsp3) is 0.920. The Labute approximate surface area is 181 Å². The molecule has 170 valence electrons. The molecule has 0 spiro atoms. The van der Waals surface area contributed by atoms with Crippen molar-refractivity contribution in [1.29, 1.82) is 0 Å². The van der Waals surface area contributed by atoms with E-state index in [2.05, 4.69) is 13.8 Å². The van der Waals surface area contributed by atoms with E-state index in [-0.39, 0.29) is 46.8 Å². The van der Waals surface area contributed by atoms with Crippen LogP contribution in [-0.2, 0) is 19.1 Å². The van der Waals surface area contributed by atoms with Crippen molar-refractivity contribution in [3.63, 3.8) is 0 Å². The quantitative estimate of drug-likeness (QED) is 0.687. The molecule has 0 bridgehead atoms. The Morgan fingerprint density at radius 3 is 2.43 bits per heavy atom. The zero-order chi connectivity index (χ0) is 21.8. The molecular weight excluding hydrogens is 380 g/mol. The summed E-state index contributed by atoms with van der Waals surface area (Å²) in [6.07, 6.45) is 8.03. The number of ether oxygens (including phenoxy) is 2. The molecule has 4 rings (SSSR count). The number of rotatable bonds is 3. The van der Waals surface area contributed by atoms with Gasteiger partial charge in [-0.05, 0) is 86.4 Å². The van der Waals surface area contributed by atoms with Gasteiger partial charge in [-0.3, -0.25) is 9.59 Å². The van der Waals surface area contributed by atoms with Crippen LogP contribution in [0, 0.1) is 46.3 Å². The molecule has 4 fully saturated rings. The van der Waals surface area contributed by atoms with Gasteiger partial charge < -0.3 is 14.6 Å². The molecular formula is C25H40O5. The van der Waals surface area contributed by atoms with Crippen molar-refractivity contribution in [2.24, 2.45) is 46.3 Å². The molecule has 0 amide bonds. The van der Waals surface area contributed by atoms with Gasteiger partial charge in [0, 0.05) is 12.3 Å². The molecule has 0 aliphatic heterocycles. The van der Waals surface area contributed by atoms with Crippen LogP contribution in [0.1, 0.15) is 79.1 Å². The van der Waals surface area contributed by atoms with Crippen LogP contribution in [0.3, 0.4) is 0 Å². The lowest BCUT2D eigenvalue weighted by atomic mass is 9.43. The summed E-state index contributed by atoms with van der Waals surface area (Å²) < 4.78 is 10.6. The maximum absolute atomic E-state index is 12.3. The Morgan fingerprint density at radius 1 is 1.03 bits per heavy atom. The molecule has 4 unspecified atom stereocenters. The normalized spacial score (nSPS) is 48.7. The van der Waals surface area contributed by atoms with Gasteiger partial charge in [-0.25, -0.2) is 0 Å². The van der Waals surface area contributed by atoms with Gasteiger partial charge in [-0.15, -0.1) is 0 Å². The molecule has 0 aromatic carbocycles. The van der Waals surface area contributed by atoms with Crippen LogP contribution in [0.25, 0.3) is 0 Å². The largest absolute Gasteiger partial charge is 0.469 e. The molecule has 30 heavy (non-hydrogen) atoms. The van der Waals surface area contributed by atoms with Crippen LogP contribution in [0.15, 0.2) is 0 Å². The van der Waals surface area contributed by atoms with Gasteiger partial charge in [-0.2, -0.15) is 0 Å². The Kier molecular flexibility index (Phi) is 5.74. The van der Waals surface area contributed by atoms with Crippen LogP contribution in [0.2, 0.25) is 0 Å². The molecule has 0 aromatic rings. The third kappa shape index (κ3) is 3.22. The minimum Gasteiger partial charge on any atom is -0.469 e. The highest BCUT2D eigenvalue weighted by Gasteiger charge is 2.64. The second-order valence-corrected chi connectivity index (χ2v) is 11.3. The number of hydrogen-bond acceptors (Lipinski definition) is 5. The predicted octanol–water partition coefficient (Wildman–Crippen LogP) is 4.36. The van der Waals surface area contributed by atoms with E-state index in [0.29, 0.717) is 23.7 Å². The first-order valence-corrected chi connectivity index (χ1v) is 12.1. The fourth-order valence-electron chi connectivity index (χ4n) is 8.73. The van der Waals surface area contributed by atoms with E-state index >= 15 is 0 Å². The SMILES string of the molecule is COC(=O)[C@@H](C)C1CCC2C3CC[C@@H]4C[C@H](OC(C)=O)CC[C@]4(C)C3C[C@H](O)[C@@]21C.